The van der Waals surface area contributed by atoms with Gasteiger partial charge in [-0.3, -0.25) is 4.57 Å². The van der Waals surface area contributed by atoms with E-state index in [1.165, 1.54) is 5.56 Å². The monoisotopic (exact) mass is 421 g/mol. The number of hydrogen-bond donors (Lipinski definition) is 1. The van der Waals surface area contributed by atoms with Crippen molar-refractivity contribution in [2.75, 3.05) is 5.73 Å². The van der Waals surface area contributed by atoms with Gasteiger partial charge in [0.05, 0.1) is 5.56 Å². The second-order valence-electron chi connectivity index (χ2n) is 7.50. The highest BCUT2D eigenvalue weighted by Gasteiger charge is 2.19. The largest absolute Gasteiger partial charge is 0.383 e. The molecule has 0 saturated carbocycles. The van der Waals surface area contributed by atoms with Gasteiger partial charge in [0.2, 0.25) is 0 Å². The van der Waals surface area contributed by atoms with Crippen LogP contribution in [0.2, 0.25) is 0 Å². The molecular formula is C21H20BrN5. The maximum atomic E-state index is 6.14. The summed E-state index contributed by atoms with van der Waals surface area (Å²) in [6.45, 7) is 6.61. The summed E-state index contributed by atoms with van der Waals surface area (Å²) in [7, 11) is 0. The lowest BCUT2D eigenvalue weighted by Crippen LogP contribution is -2.11. The third-order valence-electron chi connectivity index (χ3n) is 4.53. The Balaban J connectivity index is 1.98. The summed E-state index contributed by atoms with van der Waals surface area (Å²) in [6.07, 6.45) is 3.46. The zero-order valence-electron chi connectivity index (χ0n) is 15.4. The number of fused-ring (bicyclic) bond motifs is 1. The summed E-state index contributed by atoms with van der Waals surface area (Å²) in [5.74, 6) is 1.17. The van der Waals surface area contributed by atoms with Crippen LogP contribution in [0.3, 0.4) is 0 Å². The minimum Gasteiger partial charge on any atom is -0.383 e. The lowest BCUT2D eigenvalue weighted by molar-refractivity contribution is 0.590. The molecule has 3 aromatic heterocycles. The van der Waals surface area contributed by atoms with Gasteiger partial charge in [-0.1, -0.05) is 32.9 Å². The average molecular weight is 422 g/mol. The van der Waals surface area contributed by atoms with Crippen molar-refractivity contribution in [2.24, 2.45) is 0 Å². The van der Waals surface area contributed by atoms with E-state index >= 15 is 0 Å². The molecule has 0 amide bonds. The molecule has 0 atom stereocenters. The van der Waals surface area contributed by atoms with Crippen molar-refractivity contribution in [1.82, 2.24) is 19.5 Å². The number of anilines is 1. The summed E-state index contributed by atoms with van der Waals surface area (Å²) in [6, 6.07) is 14.2. The highest BCUT2D eigenvalue weighted by atomic mass is 79.9. The Hall–Kier alpha value is -2.73. The number of imidazole rings is 1. The van der Waals surface area contributed by atoms with Gasteiger partial charge in [-0.05, 0) is 57.2 Å². The van der Waals surface area contributed by atoms with Crippen LogP contribution < -0.4 is 5.73 Å². The van der Waals surface area contributed by atoms with Gasteiger partial charge in [-0.15, -0.1) is 0 Å². The third kappa shape index (κ3) is 3.21. The Labute approximate surface area is 166 Å². The second-order valence-corrected chi connectivity index (χ2v) is 8.42. The van der Waals surface area contributed by atoms with Crippen LogP contribution in [0.15, 0.2) is 59.3 Å². The fraction of sp³-hybridized carbons (Fsp3) is 0.190. The van der Waals surface area contributed by atoms with Gasteiger partial charge < -0.3 is 5.73 Å². The molecule has 5 nitrogen and oxygen atoms in total. The molecule has 4 rings (SSSR count). The molecule has 0 aliphatic carbocycles. The number of aromatic nitrogens is 4. The second kappa shape index (κ2) is 6.46. The van der Waals surface area contributed by atoms with E-state index in [9.17, 15) is 0 Å². The van der Waals surface area contributed by atoms with Crippen molar-refractivity contribution in [3.05, 3.63) is 64.9 Å². The third-order valence-corrected chi connectivity index (χ3v) is 4.97. The van der Waals surface area contributed by atoms with Gasteiger partial charge in [0, 0.05) is 22.6 Å². The number of pyridine rings is 2. The van der Waals surface area contributed by atoms with Crippen molar-refractivity contribution < 1.29 is 0 Å². The predicted molar refractivity (Wildman–Crippen MR) is 113 cm³/mol. The number of nitrogen functional groups attached to an aromatic ring is 1. The van der Waals surface area contributed by atoms with Crippen molar-refractivity contribution >= 4 is 32.9 Å². The molecular weight excluding hydrogens is 402 g/mol. The molecule has 0 fully saturated rings. The summed E-state index contributed by atoms with van der Waals surface area (Å²) >= 11 is 3.48. The van der Waals surface area contributed by atoms with Crippen LogP contribution in [0.5, 0.6) is 0 Å². The van der Waals surface area contributed by atoms with Crippen molar-refractivity contribution in [2.45, 2.75) is 26.2 Å². The molecule has 27 heavy (non-hydrogen) atoms. The Morgan fingerprint density at radius 3 is 2.44 bits per heavy atom. The molecule has 4 aromatic rings. The molecule has 6 heteroatoms. The van der Waals surface area contributed by atoms with Gasteiger partial charge in [0.15, 0.2) is 11.5 Å². The fourth-order valence-electron chi connectivity index (χ4n) is 3.08. The first-order chi connectivity index (χ1) is 12.8. The summed E-state index contributed by atoms with van der Waals surface area (Å²) in [5.41, 5.74) is 10.8. The summed E-state index contributed by atoms with van der Waals surface area (Å²) < 4.78 is 2.91. The molecule has 3 heterocycles. The van der Waals surface area contributed by atoms with Gasteiger partial charge >= 0.3 is 0 Å². The molecule has 0 radical (unpaired) electrons. The number of halogens is 1. The quantitative estimate of drug-likeness (QED) is 0.487. The van der Waals surface area contributed by atoms with Crippen LogP contribution >= 0.6 is 15.9 Å². The highest BCUT2D eigenvalue weighted by Crippen LogP contribution is 2.32. The fourth-order valence-corrected chi connectivity index (χ4v) is 3.40. The maximum absolute atomic E-state index is 6.14. The number of benzene rings is 1. The topological polar surface area (TPSA) is 69.6 Å². The molecule has 0 aliphatic rings. The van der Waals surface area contributed by atoms with Crippen molar-refractivity contribution in [3.63, 3.8) is 0 Å². The first-order valence-electron chi connectivity index (χ1n) is 8.70. The van der Waals surface area contributed by atoms with Crippen molar-refractivity contribution in [1.29, 1.82) is 0 Å². The maximum Gasteiger partial charge on any atom is 0.165 e. The number of nitrogens with zero attached hydrogens (tertiary/aromatic N) is 4. The zero-order chi connectivity index (χ0) is 19.2. The Morgan fingerprint density at radius 2 is 1.78 bits per heavy atom. The van der Waals surface area contributed by atoms with E-state index in [1.807, 2.05) is 22.8 Å². The van der Waals surface area contributed by atoms with Crippen LogP contribution in [0.1, 0.15) is 26.3 Å². The number of hydrogen-bond acceptors (Lipinski definition) is 4. The molecule has 0 bridgehead atoms. The summed E-state index contributed by atoms with van der Waals surface area (Å²) in [5, 5.41) is 0. The van der Waals surface area contributed by atoms with Gasteiger partial charge in [-0.25, -0.2) is 15.0 Å². The number of nitrogens with two attached hydrogens (primary N) is 1. The van der Waals surface area contributed by atoms with E-state index in [0.717, 1.165) is 32.7 Å². The van der Waals surface area contributed by atoms with Gasteiger partial charge in [-0.2, -0.15) is 0 Å². The van der Waals surface area contributed by atoms with Crippen molar-refractivity contribution in [3.8, 4) is 17.1 Å². The van der Waals surface area contributed by atoms with Crippen LogP contribution in [0, 0.1) is 0 Å². The van der Waals surface area contributed by atoms with Crippen LogP contribution in [0.4, 0.5) is 5.82 Å². The van der Waals surface area contributed by atoms with Crippen LogP contribution in [-0.2, 0) is 5.41 Å². The standard InChI is InChI=1S/C21H20BrN5/c1-21(2,3)13-6-8-15(9-7-13)27-19(16-5-4-10-24-18(16)23)26-17-11-14(22)12-25-20(17)27/h4-12H,1-3H3,(H2,23,24). The molecule has 0 spiro atoms. The van der Waals surface area contributed by atoms with E-state index < -0.39 is 0 Å². The predicted octanol–water partition coefficient (Wildman–Crippen LogP) is 5.12. The molecule has 0 unspecified atom stereocenters. The normalized spacial score (nSPS) is 11.9. The molecule has 0 saturated heterocycles. The highest BCUT2D eigenvalue weighted by molar-refractivity contribution is 9.10. The zero-order valence-corrected chi connectivity index (χ0v) is 17.0. The molecule has 2 N–H and O–H groups in total. The smallest absolute Gasteiger partial charge is 0.165 e. The van der Waals surface area contributed by atoms with Gasteiger partial charge in [0.1, 0.15) is 11.3 Å². The van der Waals surface area contributed by atoms with E-state index in [2.05, 4.69) is 70.9 Å². The number of rotatable bonds is 2. The van der Waals surface area contributed by atoms with Crippen LogP contribution in [-0.4, -0.2) is 19.5 Å². The molecule has 0 aliphatic heterocycles. The van der Waals surface area contributed by atoms with Gasteiger partial charge in [0.25, 0.3) is 0 Å². The Kier molecular flexibility index (Phi) is 4.23. The Bertz CT molecular complexity index is 1120. The SMILES string of the molecule is CC(C)(C)c1ccc(-n2c(-c3cccnc3N)nc3cc(Br)cnc32)cc1. The Morgan fingerprint density at radius 1 is 1.04 bits per heavy atom. The van der Waals surface area contributed by atoms with Crippen LogP contribution in [0.25, 0.3) is 28.2 Å². The van der Waals surface area contributed by atoms with E-state index in [0.29, 0.717) is 5.82 Å². The minimum absolute atomic E-state index is 0.0925. The minimum atomic E-state index is 0.0925. The average Bonchev–Trinajstić information content (AvgIpc) is 2.99. The summed E-state index contributed by atoms with van der Waals surface area (Å²) in [4.78, 5) is 13.6. The molecule has 1 aromatic carbocycles. The lowest BCUT2D eigenvalue weighted by atomic mass is 9.87. The van der Waals surface area contributed by atoms with E-state index in [-0.39, 0.29) is 5.41 Å². The van der Waals surface area contributed by atoms with E-state index in [4.69, 9.17) is 10.7 Å². The van der Waals surface area contributed by atoms with E-state index in [1.54, 1.807) is 12.4 Å². The first kappa shape index (κ1) is 17.7. The lowest BCUT2D eigenvalue weighted by Gasteiger charge is -2.19. The molecule has 136 valence electrons. The first-order valence-corrected chi connectivity index (χ1v) is 9.50.